The number of aliphatic hydroxyl groups excluding tert-OH is 1. The maximum absolute atomic E-state index is 12.3. The molecule has 0 aliphatic carbocycles. The van der Waals surface area contributed by atoms with E-state index >= 15 is 0 Å². The van der Waals surface area contributed by atoms with Gasteiger partial charge >= 0.3 is 5.63 Å². The molecule has 150 valence electrons. The zero-order chi connectivity index (χ0) is 20.5. The van der Waals surface area contributed by atoms with Crippen LogP contribution in [-0.4, -0.2) is 17.3 Å². The molecule has 5 nitrogen and oxygen atoms in total. The van der Waals surface area contributed by atoms with E-state index < -0.39 is 11.7 Å². The van der Waals surface area contributed by atoms with Crippen LogP contribution < -0.4 is 15.1 Å². The van der Waals surface area contributed by atoms with Gasteiger partial charge in [-0.05, 0) is 45.1 Å². The molecule has 0 saturated heterocycles. The van der Waals surface area contributed by atoms with Crippen LogP contribution in [0.4, 0.5) is 0 Å². The van der Waals surface area contributed by atoms with Gasteiger partial charge in [-0.2, -0.15) is 0 Å². The quantitative estimate of drug-likeness (QED) is 0.594. The van der Waals surface area contributed by atoms with Crippen LogP contribution in [0.2, 0.25) is 0 Å². The lowest BCUT2D eigenvalue weighted by Crippen LogP contribution is -2.33. The predicted molar refractivity (Wildman–Crippen MR) is 109 cm³/mol. The van der Waals surface area contributed by atoms with Gasteiger partial charge in [-0.1, -0.05) is 26.2 Å². The van der Waals surface area contributed by atoms with Gasteiger partial charge in [0.1, 0.15) is 23.7 Å². The molecule has 1 aromatic heterocycles. The molecule has 0 amide bonds. The summed E-state index contributed by atoms with van der Waals surface area (Å²) in [6.45, 7) is 8.07. The second kappa shape index (κ2) is 7.89. The van der Waals surface area contributed by atoms with Crippen LogP contribution in [0.15, 0.2) is 15.3 Å². The fourth-order valence-corrected chi connectivity index (χ4v) is 3.84. The summed E-state index contributed by atoms with van der Waals surface area (Å²) in [4.78, 5) is 12.3. The molecule has 2 heterocycles. The summed E-state index contributed by atoms with van der Waals surface area (Å²) in [6, 6.07) is 1.53. The molecule has 0 fully saturated rings. The number of aryl methyl sites for hydroxylation is 1. The highest BCUT2D eigenvalue weighted by molar-refractivity contribution is 5.93. The summed E-state index contributed by atoms with van der Waals surface area (Å²) in [7, 11) is 0. The van der Waals surface area contributed by atoms with Crippen molar-refractivity contribution in [2.75, 3.05) is 6.61 Å². The number of ether oxygens (including phenoxy) is 2. The van der Waals surface area contributed by atoms with E-state index in [0.717, 1.165) is 35.8 Å². The van der Waals surface area contributed by atoms with Gasteiger partial charge in [0.15, 0.2) is 5.58 Å². The van der Waals surface area contributed by atoms with Gasteiger partial charge in [0.2, 0.25) is 0 Å². The van der Waals surface area contributed by atoms with Crippen LogP contribution in [0.5, 0.6) is 11.5 Å². The fraction of sp³-hybridized carbons (Fsp3) is 0.522. The number of rotatable bonds is 6. The molecule has 1 aliphatic heterocycles. The van der Waals surface area contributed by atoms with Gasteiger partial charge < -0.3 is 19.0 Å². The fourth-order valence-electron chi connectivity index (χ4n) is 3.84. The summed E-state index contributed by atoms with van der Waals surface area (Å²) >= 11 is 0. The molecule has 5 heteroatoms. The van der Waals surface area contributed by atoms with E-state index in [1.165, 1.54) is 6.07 Å². The average Bonchev–Trinajstić information content (AvgIpc) is 2.64. The van der Waals surface area contributed by atoms with E-state index in [9.17, 15) is 9.90 Å². The highest BCUT2D eigenvalue weighted by atomic mass is 16.5. The molecule has 1 aromatic carbocycles. The monoisotopic (exact) mass is 384 g/mol. The highest BCUT2D eigenvalue weighted by Gasteiger charge is 2.35. The minimum Gasteiger partial charge on any atom is -0.487 e. The Bertz CT molecular complexity index is 977. The summed E-state index contributed by atoms with van der Waals surface area (Å²) in [5.74, 6) is 3.64. The van der Waals surface area contributed by atoms with Gasteiger partial charge in [-0.25, -0.2) is 4.79 Å². The third-order valence-corrected chi connectivity index (χ3v) is 5.20. The van der Waals surface area contributed by atoms with Crippen molar-refractivity contribution in [2.24, 2.45) is 0 Å². The van der Waals surface area contributed by atoms with Crippen molar-refractivity contribution in [3.05, 3.63) is 33.2 Å². The molecule has 0 spiro atoms. The number of hydrogen-bond acceptors (Lipinski definition) is 5. The molecule has 28 heavy (non-hydrogen) atoms. The van der Waals surface area contributed by atoms with Crippen molar-refractivity contribution >= 4 is 11.0 Å². The average molecular weight is 384 g/mol. The van der Waals surface area contributed by atoms with Crippen LogP contribution in [0.25, 0.3) is 11.0 Å². The summed E-state index contributed by atoms with van der Waals surface area (Å²) in [5.41, 5.74) is 1.79. The lowest BCUT2D eigenvalue weighted by atomic mass is 9.87. The first-order chi connectivity index (χ1) is 13.3. The van der Waals surface area contributed by atoms with E-state index in [-0.39, 0.29) is 12.2 Å². The largest absolute Gasteiger partial charge is 0.487 e. The van der Waals surface area contributed by atoms with Crippen molar-refractivity contribution in [2.45, 2.75) is 71.5 Å². The molecule has 1 unspecified atom stereocenters. The standard InChI is InChI=1S/C23H28O5/c1-6-9-14-13-17(25)27-22-18(14)21-15(10-11-23(4,5)28-21)20(26-12-7-2)19(22)16(24)8-3/h2,13,16,24H,6,8-12H2,1,3-5H3. The Hall–Kier alpha value is -2.45. The summed E-state index contributed by atoms with van der Waals surface area (Å²) in [6.07, 6.45) is 8.15. The molecule has 1 aliphatic rings. The molecule has 1 atom stereocenters. The normalized spacial score (nSPS) is 16.1. The summed E-state index contributed by atoms with van der Waals surface area (Å²) < 4.78 is 17.9. The van der Waals surface area contributed by atoms with Crippen molar-refractivity contribution in [3.63, 3.8) is 0 Å². The van der Waals surface area contributed by atoms with E-state index in [1.807, 2.05) is 20.8 Å². The topological polar surface area (TPSA) is 68.9 Å². The zero-order valence-corrected chi connectivity index (χ0v) is 17.1. The van der Waals surface area contributed by atoms with Gasteiger partial charge in [0.05, 0.1) is 17.1 Å². The second-order valence-electron chi connectivity index (χ2n) is 7.87. The van der Waals surface area contributed by atoms with Gasteiger partial charge in [0, 0.05) is 11.6 Å². The Labute approximate surface area is 165 Å². The lowest BCUT2D eigenvalue weighted by Gasteiger charge is -2.35. The van der Waals surface area contributed by atoms with Crippen molar-refractivity contribution in [3.8, 4) is 23.8 Å². The maximum Gasteiger partial charge on any atom is 0.336 e. The molecule has 0 bridgehead atoms. The third kappa shape index (κ3) is 3.62. The lowest BCUT2D eigenvalue weighted by molar-refractivity contribution is 0.0849. The van der Waals surface area contributed by atoms with Gasteiger partial charge in [0.25, 0.3) is 0 Å². The first-order valence-corrected chi connectivity index (χ1v) is 9.91. The van der Waals surface area contributed by atoms with E-state index in [0.29, 0.717) is 35.5 Å². The number of benzene rings is 1. The van der Waals surface area contributed by atoms with Crippen molar-refractivity contribution in [1.82, 2.24) is 0 Å². The molecule has 1 N–H and O–H groups in total. The Kier molecular flexibility index (Phi) is 5.71. The van der Waals surface area contributed by atoms with Crippen molar-refractivity contribution < 1.29 is 19.0 Å². The molecule has 2 aromatic rings. The van der Waals surface area contributed by atoms with Crippen LogP contribution in [0.3, 0.4) is 0 Å². The molecule has 3 rings (SSSR count). The number of fused-ring (bicyclic) bond motifs is 3. The Balaban J connectivity index is 2.47. The number of terminal acetylenes is 1. The van der Waals surface area contributed by atoms with Crippen molar-refractivity contribution in [1.29, 1.82) is 0 Å². The first kappa shape index (κ1) is 20.3. The second-order valence-corrected chi connectivity index (χ2v) is 7.87. The molecular formula is C23H28O5. The van der Waals surface area contributed by atoms with E-state index in [2.05, 4.69) is 12.8 Å². The predicted octanol–water partition coefficient (Wildman–Crippen LogP) is 4.30. The Morgan fingerprint density at radius 2 is 2.14 bits per heavy atom. The highest BCUT2D eigenvalue weighted by Crippen LogP contribution is 2.49. The minimum absolute atomic E-state index is 0.0592. The summed E-state index contributed by atoms with van der Waals surface area (Å²) in [5, 5.41) is 11.6. The molecule has 0 radical (unpaired) electrons. The van der Waals surface area contributed by atoms with E-state index in [4.69, 9.17) is 20.3 Å². The SMILES string of the molecule is C#CCOc1c2c(c3c(CCC)cc(=O)oc3c1C(O)CC)OC(C)(C)CC2. The zero-order valence-electron chi connectivity index (χ0n) is 17.1. The van der Waals surface area contributed by atoms with Crippen LogP contribution >= 0.6 is 0 Å². The maximum atomic E-state index is 12.3. The first-order valence-electron chi connectivity index (χ1n) is 9.91. The Morgan fingerprint density at radius 1 is 1.39 bits per heavy atom. The third-order valence-electron chi connectivity index (χ3n) is 5.20. The molecule has 0 saturated carbocycles. The van der Waals surface area contributed by atoms with Crippen LogP contribution in [-0.2, 0) is 12.8 Å². The van der Waals surface area contributed by atoms with Gasteiger partial charge in [-0.15, -0.1) is 6.42 Å². The Morgan fingerprint density at radius 3 is 2.79 bits per heavy atom. The number of aliphatic hydroxyl groups is 1. The molecular weight excluding hydrogens is 356 g/mol. The smallest absolute Gasteiger partial charge is 0.336 e. The number of hydrogen-bond donors (Lipinski definition) is 1. The van der Waals surface area contributed by atoms with E-state index in [1.54, 1.807) is 0 Å². The van der Waals surface area contributed by atoms with Crippen LogP contribution in [0.1, 0.15) is 69.8 Å². The van der Waals surface area contributed by atoms with Crippen LogP contribution in [0, 0.1) is 12.3 Å². The minimum atomic E-state index is -0.837. The van der Waals surface area contributed by atoms with Gasteiger partial charge in [-0.3, -0.25) is 0 Å².